The standard InChI is InChI=1S/C27H29ClN4OS/c1-3-23(20-7-5-4-6-8-20)26(33)31-15-13-30(14-16-31)18-24-25(21-9-11-22(28)12-10-21)29-27-32(24)17-19(2)34-27/h4-12,17,23H,3,13-16,18H2,1-2H3. The SMILES string of the molecule is CCC(C(=O)N1CCN(Cc2c(-c3ccc(Cl)cc3)nc3sc(C)cn23)CC1)c1ccccc1. The third-order valence-corrected chi connectivity index (χ3v) is 7.77. The molecule has 1 atom stereocenters. The molecule has 1 amide bonds. The van der Waals surface area contributed by atoms with Crippen LogP contribution in [0.2, 0.25) is 5.02 Å². The van der Waals surface area contributed by atoms with E-state index in [0.29, 0.717) is 0 Å². The van der Waals surface area contributed by atoms with E-state index in [-0.39, 0.29) is 11.8 Å². The minimum absolute atomic E-state index is 0.0625. The molecular formula is C27H29ClN4OS. The largest absolute Gasteiger partial charge is 0.340 e. The number of rotatable bonds is 6. The van der Waals surface area contributed by atoms with Crippen LogP contribution < -0.4 is 0 Å². The van der Waals surface area contributed by atoms with E-state index >= 15 is 0 Å². The van der Waals surface area contributed by atoms with Crippen molar-refractivity contribution >= 4 is 33.8 Å². The van der Waals surface area contributed by atoms with Crippen LogP contribution >= 0.6 is 22.9 Å². The highest BCUT2D eigenvalue weighted by atomic mass is 35.5. The number of halogens is 1. The van der Waals surface area contributed by atoms with Crippen molar-refractivity contribution in [1.29, 1.82) is 0 Å². The summed E-state index contributed by atoms with van der Waals surface area (Å²) in [6, 6.07) is 18.1. The van der Waals surface area contributed by atoms with Crippen LogP contribution in [0.25, 0.3) is 16.2 Å². The van der Waals surface area contributed by atoms with Crippen molar-refractivity contribution in [1.82, 2.24) is 19.2 Å². The number of imidazole rings is 1. The van der Waals surface area contributed by atoms with Gasteiger partial charge < -0.3 is 4.90 Å². The molecule has 3 heterocycles. The van der Waals surface area contributed by atoms with Gasteiger partial charge in [-0.15, -0.1) is 11.3 Å². The van der Waals surface area contributed by atoms with Gasteiger partial charge in [0.1, 0.15) is 0 Å². The number of aromatic nitrogens is 2. The molecule has 0 spiro atoms. The van der Waals surface area contributed by atoms with Crippen molar-refractivity contribution < 1.29 is 4.79 Å². The summed E-state index contributed by atoms with van der Waals surface area (Å²) in [6.07, 6.45) is 2.99. The Bertz CT molecular complexity index is 1270. The highest BCUT2D eigenvalue weighted by molar-refractivity contribution is 7.17. The zero-order chi connectivity index (χ0) is 23.7. The molecule has 0 N–H and O–H groups in total. The van der Waals surface area contributed by atoms with Gasteiger partial charge in [-0.3, -0.25) is 14.1 Å². The van der Waals surface area contributed by atoms with E-state index in [2.05, 4.69) is 41.5 Å². The van der Waals surface area contributed by atoms with E-state index in [4.69, 9.17) is 16.6 Å². The highest BCUT2D eigenvalue weighted by Gasteiger charge is 2.28. The Morgan fingerprint density at radius 2 is 1.76 bits per heavy atom. The predicted octanol–water partition coefficient (Wildman–Crippen LogP) is 5.86. The number of thiazole rings is 1. The van der Waals surface area contributed by atoms with Gasteiger partial charge in [0.2, 0.25) is 5.91 Å². The molecular weight excluding hydrogens is 464 g/mol. The minimum Gasteiger partial charge on any atom is -0.340 e. The number of amides is 1. The molecule has 0 aliphatic carbocycles. The molecule has 0 radical (unpaired) electrons. The number of benzene rings is 2. The van der Waals surface area contributed by atoms with Gasteiger partial charge in [-0.05, 0) is 31.0 Å². The normalized spacial score (nSPS) is 15.7. The van der Waals surface area contributed by atoms with Crippen LogP contribution in [-0.4, -0.2) is 51.3 Å². The van der Waals surface area contributed by atoms with Crippen LogP contribution in [0.1, 0.15) is 35.4 Å². The molecule has 1 fully saturated rings. The molecule has 0 saturated carbocycles. The highest BCUT2D eigenvalue weighted by Crippen LogP contribution is 2.30. The number of hydrogen-bond acceptors (Lipinski definition) is 4. The van der Waals surface area contributed by atoms with Gasteiger partial charge in [0.05, 0.1) is 17.3 Å². The van der Waals surface area contributed by atoms with Crippen LogP contribution in [0.4, 0.5) is 0 Å². The van der Waals surface area contributed by atoms with Gasteiger partial charge in [0.25, 0.3) is 0 Å². The molecule has 0 bridgehead atoms. The van der Waals surface area contributed by atoms with Gasteiger partial charge in [0, 0.05) is 54.4 Å². The fraction of sp³-hybridized carbons (Fsp3) is 0.333. The molecule has 1 unspecified atom stereocenters. The van der Waals surface area contributed by atoms with E-state index in [1.807, 2.05) is 47.4 Å². The quantitative estimate of drug-likeness (QED) is 0.338. The van der Waals surface area contributed by atoms with E-state index in [1.165, 1.54) is 10.6 Å². The maximum Gasteiger partial charge on any atom is 0.230 e. The number of fused-ring (bicyclic) bond motifs is 1. The summed E-state index contributed by atoms with van der Waals surface area (Å²) < 4.78 is 2.23. The molecule has 7 heteroatoms. The molecule has 1 aliphatic heterocycles. The molecule has 1 aliphatic rings. The lowest BCUT2D eigenvalue weighted by atomic mass is 9.95. The number of nitrogens with zero attached hydrogens (tertiary/aromatic N) is 4. The van der Waals surface area contributed by atoms with Gasteiger partial charge in [-0.25, -0.2) is 4.98 Å². The topological polar surface area (TPSA) is 40.9 Å². The summed E-state index contributed by atoms with van der Waals surface area (Å²) >= 11 is 7.83. The first kappa shape index (κ1) is 23.1. The average Bonchev–Trinajstić information content (AvgIpc) is 3.38. The summed E-state index contributed by atoms with van der Waals surface area (Å²) in [6.45, 7) is 8.23. The van der Waals surface area contributed by atoms with Crippen LogP contribution in [-0.2, 0) is 11.3 Å². The van der Waals surface area contributed by atoms with Gasteiger partial charge in [0.15, 0.2) is 4.96 Å². The lowest BCUT2D eigenvalue weighted by Gasteiger charge is -2.36. The summed E-state index contributed by atoms with van der Waals surface area (Å²) in [5.74, 6) is 0.183. The molecule has 176 valence electrons. The lowest BCUT2D eigenvalue weighted by Crippen LogP contribution is -2.49. The number of carbonyl (C=O) groups excluding carboxylic acids is 1. The average molecular weight is 493 g/mol. The fourth-order valence-corrected chi connectivity index (χ4v) is 5.76. The van der Waals surface area contributed by atoms with Crippen LogP contribution in [0.15, 0.2) is 60.8 Å². The van der Waals surface area contributed by atoms with Crippen molar-refractivity contribution in [3.8, 4) is 11.3 Å². The Labute approximate surface area is 209 Å². The van der Waals surface area contributed by atoms with Crippen LogP contribution in [0.5, 0.6) is 0 Å². The van der Waals surface area contributed by atoms with Crippen molar-refractivity contribution in [3.63, 3.8) is 0 Å². The third-order valence-electron chi connectivity index (χ3n) is 6.62. The second kappa shape index (κ2) is 9.90. The Morgan fingerprint density at radius 3 is 2.44 bits per heavy atom. The van der Waals surface area contributed by atoms with E-state index in [1.54, 1.807) is 11.3 Å². The third kappa shape index (κ3) is 4.63. The van der Waals surface area contributed by atoms with Crippen molar-refractivity contribution in [2.45, 2.75) is 32.7 Å². The molecule has 34 heavy (non-hydrogen) atoms. The second-order valence-corrected chi connectivity index (χ2v) is 10.5. The minimum atomic E-state index is -0.0625. The summed E-state index contributed by atoms with van der Waals surface area (Å²) in [5.41, 5.74) is 4.39. The van der Waals surface area contributed by atoms with Crippen LogP contribution in [0.3, 0.4) is 0 Å². The van der Waals surface area contributed by atoms with Gasteiger partial charge in [-0.2, -0.15) is 0 Å². The smallest absolute Gasteiger partial charge is 0.230 e. The first-order chi connectivity index (χ1) is 16.5. The van der Waals surface area contributed by atoms with Gasteiger partial charge >= 0.3 is 0 Å². The monoisotopic (exact) mass is 492 g/mol. The predicted molar refractivity (Wildman–Crippen MR) is 140 cm³/mol. The summed E-state index contributed by atoms with van der Waals surface area (Å²) in [7, 11) is 0. The Balaban J connectivity index is 1.32. The number of aryl methyl sites for hydroxylation is 1. The zero-order valence-electron chi connectivity index (χ0n) is 19.6. The summed E-state index contributed by atoms with van der Waals surface area (Å²) in [4.78, 5) is 25.0. The summed E-state index contributed by atoms with van der Waals surface area (Å²) in [5, 5.41) is 0.726. The molecule has 4 aromatic rings. The van der Waals surface area contributed by atoms with E-state index in [0.717, 1.165) is 65.9 Å². The van der Waals surface area contributed by atoms with Crippen molar-refractivity contribution in [3.05, 3.63) is 82.0 Å². The number of carbonyl (C=O) groups is 1. The molecule has 1 saturated heterocycles. The number of piperazine rings is 1. The molecule has 2 aromatic heterocycles. The van der Waals surface area contributed by atoms with Gasteiger partial charge in [-0.1, -0.05) is 61.0 Å². The first-order valence-electron chi connectivity index (χ1n) is 11.8. The first-order valence-corrected chi connectivity index (χ1v) is 13.0. The van der Waals surface area contributed by atoms with Crippen LogP contribution in [0, 0.1) is 6.92 Å². The fourth-order valence-electron chi connectivity index (χ4n) is 4.79. The molecule has 5 rings (SSSR count). The van der Waals surface area contributed by atoms with E-state index in [9.17, 15) is 4.79 Å². The maximum atomic E-state index is 13.3. The van der Waals surface area contributed by atoms with E-state index < -0.39 is 0 Å². The van der Waals surface area contributed by atoms with Crippen molar-refractivity contribution in [2.24, 2.45) is 0 Å². The maximum absolute atomic E-state index is 13.3. The Kier molecular flexibility index (Phi) is 6.73. The molecule has 5 nitrogen and oxygen atoms in total. The number of hydrogen-bond donors (Lipinski definition) is 0. The molecule has 2 aromatic carbocycles. The Hall–Kier alpha value is -2.67. The Morgan fingerprint density at radius 1 is 1.06 bits per heavy atom. The lowest BCUT2D eigenvalue weighted by molar-refractivity contribution is -0.134. The van der Waals surface area contributed by atoms with Crippen molar-refractivity contribution in [2.75, 3.05) is 26.2 Å². The second-order valence-electron chi connectivity index (χ2n) is 8.88. The zero-order valence-corrected chi connectivity index (χ0v) is 21.1.